The maximum Gasteiger partial charge on any atom is 0.266 e. The zero-order valence-electron chi connectivity index (χ0n) is 65.7. The Morgan fingerprint density at radius 1 is 0.467 bits per heavy atom. The van der Waals surface area contributed by atoms with E-state index in [4.69, 9.17) is 24.4 Å². The number of benzene rings is 2. The maximum atomic E-state index is 13.4. The number of thioether (sulfide) groups is 2. The number of aliphatic hydroxyl groups excluding tert-OH is 1. The van der Waals surface area contributed by atoms with E-state index in [0.29, 0.717) is 22.7 Å². The third-order valence-electron chi connectivity index (χ3n) is 22.7. The predicted molar refractivity (Wildman–Crippen MR) is 489 cm³/mol. The molecule has 1 amide bonds. The highest BCUT2D eigenvalue weighted by Gasteiger charge is 2.37. The van der Waals surface area contributed by atoms with E-state index < -0.39 is 6.23 Å². The van der Waals surface area contributed by atoms with Gasteiger partial charge in [-0.05, 0) is 191 Å². The largest absolute Gasteiger partial charge is 0.372 e. The molecule has 0 bridgehead atoms. The molecule has 4 unspecified atom stereocenters. The molecule has 2 aliphatic rings. The molecule has 574 valence electrons. The number of unbranched alkanes of at least 4 members (excludes halogenated alkanes) is 17. The number of thiocarbonyl (C=S) groups is 2. The standard InChI is InChI=1S/C91H118N4O2S10/c1-11-20-25-28-31-34-39-65-51-68(56-80-88(96)92(18-8)90(98)106-80)100-85(65)75-47-46-74(102-75)84-60(10)50-78(104-84)63-42-44-70-72(53-63)94(58-61(16-6)37-23-14-4)83-71-45-43-64(54-73(71)95(82(70)83)59-62(17-7)38-24-15-5)79-55-67(41-36-33-30-27-22-13-3)87(105-79)77-49-48-76(103-77)86-66(40-35-32-29-26-21-12-2)52-69(101-86)57-81-89(97)93(19-9)91(99)107-81/h42-56,61-62,81,89,97H,11-41,57-59H2,1-10H3/b80-56+. The van der Waals surface area contributed by atoms with E-state index in [1.165, 1.54) is 286 Å². The molecule has 0 aliphatic carbocycles. The van der Waals surface area contributed by atoms with E-state index in [2.05, 4.69) is 162 Å². The topological polar surface area (TPSA) is 53.6 Å². The first-order chi connectivity index (χ1) is 52.2. The Balaban J connectivity index is 0.913. The summed E-state index contributed by atoms with van der Waals surface area (Å²) in [5.74, 6) is 1.17. The van der Waals surface area contributed by atoms with Gasteiger partial charge in [0.25, 0.3) is 5.91 Å². The fraction of sp³-hybridized carbons (Fsp3) is 0.527. The number of aryl methyl sites for hydroxylation is 4. The Labute approximate surface area is 685 Å². The van der Waals surface area contributed by atoms with Crippen LogP contribution >= 0.6 is 116 Å². The lowest BCUT2D eigenvalue weighted by Gasteiger charge is -2.21. The SMILES string of the molecule is CCCCCCCCc1cc(/C=C2/SC(=S)N(CC)C2=O)sc1-c1ccc(-c2sc(-c3ccc4c(c3)n(CC(CC)CCCC)c3c5ccc(-c6cc(CCCCCCCC)c(-c7ccc(-c8sc(CC9SC(=S)N(CC)C9O)cc8CCCCCCCC)s7)s6)cc5n(CC(CC)CCCC)c43)cc2C)s1. The van der Waals surface area contributed by atoms with Crippen LogP contribution < -0.4 is 0 Å². The molecular weight excluding hydrogens is 1500 g/mol. The molecule has 16 heteroatoms. The molecule has 2 fully saturated rings. The average molecular weight is 1620 g/mol. The van der Waals surface area contributed by atoms with Gasteiger partial charge in [-0.25, -0.2) is 0 Å². The Hall–Kier alpha value is -4.17. The molecule has 2 aromatic carbocycles. The van der Waals surface area contributed by atoms with Crippen LogP contribution in [0.3, 0.4) is 0 Å². The molecule has 12 rings (SSSR count). The second-order valence-electron chi connectivity index (χ2n) is 30.5. The van der Waals surface area contributed by atoms with Crippen LogP contribution in [0.1, 0.15) is 261 Å². The van der Waals surface area contributed by atoms with Gasteiger partial charge in [0.1, 0.15) is 14.9 Å². The molecule has 6 nitrogen and oxygen atoms in total. The zero-order chi connectivity index (χ0) is 75.1. The fourth-order valence-corrected chi connectivity index (χ4v) is 27.0. The zero-order valence-corrected chi connectivity index (χ0v) is 73.9. The quantitative estimate of drug-likeness (QED) is 0.0232. The van der Waals surface area contributed by atoms with Crippen molar-refractivity contribution in [2.45, 2.75) is 286 Å². The number of thiophene rings is 6. The Bertz CT molecular complexity index is 4630. The van der Waals surface area contributed by atoms with Crippen molar-refractivity contribution >= 4 is 169 Å². The Morgan fingerprint density at radius 2 is 0.925 bits per heavy atom. The molecule has 1 N–H and O–H groups in total. The summed E-state index contributed by atoms with van der Waals surface area (Å²) in [5, 5.41) is 14.2. The van der Waals surface area contributed by atoms with Gasteiger partial charge < -0.3 is 19.1 Å². The minimum absolute atomic E-state index is 0.0284. The Morgan fingerprint density at radius 3 is 1.41 bits per heavy atom. The molecule has 2 saturated heterocycles. The number of nitrogens with zero attached hydrogens (tertiary/aromatic N) is 4. The van der Waals surface area contributed by atoms with Gasteiger partial charge in [0.2, 0.25) is 0 Å². The number of amides is 1. The molecule has 4 atom stereocenters. The summed E-state index contributed by atoms with van der Waals surface area (Å²) >= 11 is 26.2. The Kier molecular flexibility index (Phi) is 30.8. The molecule has 8 aromatic heterocycles. The van der Waals surface area contributed by atoms with Gasteiger partial charge in [0.05, 0.1) is 32.2 Å². The number of aliphatic hydroxyl groups is 1. The summed E-state index contributed by atoms with van der Waals surface area (Å²) in [6.45, 7) is 26.2. The van der Waals surface area contributed by atoms with Crippen LogP contribution in [0.15, 0.2) is 89.8 Å². The van der Waals surface area contributed by atoms with Crippen molar-refractivity contribution in [3.63, 3.8) is 0 Å². The highest BCUT2D eigenvalue weighted by Crippen LogP contribution is 2.51. The van der Waals surface area contributed by atoms with Gasteiger partial charge >= 0.3 is 0 Å². The minimum atomic E-state index is -0.544. The van der Waals surface area contributed by atoms with E-state index in [1.807, 2.05) is 79.8 Å². The van der Waals surface area contributed by atoms with Crippen molar-refractivity contribution in [3.05, 3.63) is 122 Å². The van der Waals surface area contributed by atoms with Gasteiger partial charge in [0.15, 0.2) is 0 Å². The van der Waals surface area contributed by atoms with Crippen LogP contribution in [0.2, 0.25) is 0 Å². The van der Waals surface area contributed by atoms with E-state index in [0.717, 1.165) is 72.3 Å². The van der Waals surface area contributed by atoms with Crippen molar-refractivity contribution in [2.24, 2.45) is 11.8 Å². The summed E-state index contributed by atoms with van der Waals surface area (Å²) in [6.07, 6.45) is 38.3. The fourth-order valence-electron chi connectivity index (χ4n) is 16.3. The third-order valence-corrected chi connectivity index (χ3v) is 33.4. The normalized spacial score (nSPS) is 16.0. The van der Waals surface area contributed by atoms with Gasteiger partial charge in [-0.2, -0.15) is 0 Å². The van der Waals surface area contributed by atoms with Crippen LogP contribution in [0.5, 0.6) is 0 Å². The summed E-state index contributed by atoms with van der Waals surface area (Å²) in [6, 6.07) is 34.7. The van der Waals surface area contributed by atoms with Gasteiger partial charge in [-0.15, -0.1) is 68.0 Å². The van der Waals surface area contributed by atoms with E-state index >= 15 is 0 Å². The van der Waals surface area contributed by atoms with E-state index in [-0.39, 0.29) is 11.2 Å². The van der Waals surface area contributed by atoms with Gasteiger partial charge in [-0.1, -0.05) is 256 Å². The number of rotatable bonds is 44. The van der Waals surface area contributed by atoms with Gasteiger partial charge in [-0.3, -0.25) is 9.69 Å². The number of carbonyl (C=O) groups is 1. The molecular formula is C91H118N4O2S10. The van der Waals surface area contributed by atoms with Crippen molar-refractivity contribution in [1.82, 2.24) is 18.9 Å². The lowest BCUT2D eigenvalue weighted by Crippen LogP contribution is -2.36. The van der Waals surface area contributed by atoms with Crippen molar-refractivity contribution in [2.75, 3.05) is 13.1 Å². The number of carbonyl (C=O) groups excluding carboxylic acids is 1. The molecule has 107 heavy (non-hydrogen) atoms. The lowest BCUT2D eigenvalue weighted by molar-refractivity contribution is -0.122. The summed E-state index contributed by atoms with van der Waals surface area (Å²) in [4.78, 5) is 34.1. The maximum absolute atomic E-state index is 13.4. The van der Waals surface area contributed by atoms with Crippen LogP contribution in [0.4, 0.5) is 0 Å². The van der Waals surface area contributed by atoms with E-state index in [1.54, 1.807) is 16.7 Å². The molecule has 2 aliphatic heterocycles. The second kappa shape index (κ2) is 40.0. The number of fused-ring (bicyclic) bond motifs is 5. The first-order valence-electron chi connectivity index (χ1n) is 41.4. The van der Waals surface area contributed by atoms with Crippen LogP contribution in [-0.4, -0.2) is 63.2 Å². The van der Waals surface area contributed by atoms with Crippen molar-refractivity contribution < 1.29 is 9.90 Å². The number of aromatic nitrogens is 2. The smallest absolute Gasteiger partial charge is 0.266 e. The van der Waals surface area contributed by atoms with Crippen LogP contribution in [-0.2, 0) is 43.6 Å². The number of hydrogen-bond acceptors (Lipinski definition) is 12. The molecule has 10 aromatic rings. The monoisotopic (exact) mass is 1620 g/mol. The van der Waals surface area contributed by atoms with Crippen molar-refractivity contribution in [1.29, 1.82) is 0 Å². The molecule has 0 spiro atoms. The highest BCUT2D eigenvalue weighted by molar-refractivity contribution is 8.26. The first-order valence-corrected chi connectivity index (χ1v) is 48.8. The van der Waals surface area contributed by atoms with Crippen LogP contribution in [0.25, 0.3) is 98.8 Å². The lowest BCUT2D eigenvalue weighted by atomic mass is 9.99. The number of hydrogen-bond donors (Lipinski definition) is 1. The summed E-state index contributed by atoms with van der Waals surface area (Å²) in [7, 11) is 0. The first kappa shape index (κ1) is 82.3. The average Bonchev–Trinajstić information content (AvgIpc) is 1.55. The summed E-state index contributed by atoms with van der Waals surface area (Å²) < 4.78 is 7.10. The molecule has 0 radical (unpaired) electrons. The highest BCUT2D eigenvalue weighted by atomic mass is 32.2. The molecule has 10 heterocycles. The number of likely N-dealkylation sites (N-methyl/N-ethyl adjacent to an activating group) is 1. The minimum Gasteiger partial charge on any atom is -0.372 e. The predicted octanol–water partition coefficient (Wildman–Crippen LogP) is 30.4. The second-order valence-corrected chi connectivity index (χ2v) is 40.5. The van der Waals surface area contributed by atoms with Gasteiger partial charge in [0, 0.05) is 95.5 Å². The third kappa shape index (κ3) is 19.6. The van der Waals surface area contributed by atoms with Crippen molar-refractivity contribution in [3.8, 4) is 59.9 Å². The summed E-state index contributed by atoms with van der Waals surface area (Å²) in [5.41, 5.74) is 13.9. The van der Waals surface area contributed by atoms with Crippen LogP contribution in [0, 0.1) is 18.8 Å². The molecule has 0 saturated carbocycles. The van der Waals surface area contributed by atoms with E-state index in [9.17, 15) is 9.90 Å².